The van der Waals surface area contributed by atoms with Crippen molar-refractivity contribution in [1.82, 2.24) is 5.32 Å². The Bertz CT molecular complexity index is 724. The zero-order chi connectivity index (χ0) is 18.4. The van der Waals surface area contributed by atoms with E-state index in [1.807, 2.05) is 55.5 Å². The number of hydrogen-bond donors (Lipinski definition) is 2. The second-order valence-electron chi connectivity index (χ2n) is 6.61. The summed E-state index contributed by atoms with van der Waals surface area (Å²) in [6.45, 7) is 5.47. The fourth-order valence-electron chi connectivity index (χ4n) is 3.10. The van der Waals surface area contributed by atoms with E-state index in [0.717, 1.165) is 48.7 Å². The average Bonchev–Trinajstić information content (AvgIpc) is 2.69. The molecule has 26 heavy (non-hydrogen) atoms. The van der Waals surface area contributed by atoms with Gasteiger partial charge < -0.3 is 20.1 Å². The van der Waals surface area contributed by atoms with Gasteiger partial charge in [0.1, 0.15) is 0 Å². The first-order valence-corrected chi connectivity index (χ1v) is 9.05. The molecule has 5 nitrogen and oxygen atoms in total. The minimum Gasteiger partial charge on any atom is -0.387 e. The van der Waals surface area contributed by atoms with Gasteiger partial charge in [0.25, 0.3) is 0 Å². The third kappa shape index (κ3) is 4.84. The van der Waals surface area contributed by atoms with Crippen molar-refractivity contribution in [1.29, 1.82) is 0 Å². The van der Waals surface area contributed by atoms with Gasteiger partial charge in [0, 0.05) is 25.3 Å². The van der Waals surface area contributed by atoms with Crippen LogP contribution in [0.4, 0.5) is 5.69 Å². The summed E-state index contributed by atoms with van der Waals surface area (Å²) in [5.74, 6) is -0.0803. The molecule has 1 saturated heterocycles. The first kappa shape index (κ1) is 18.4. The molecule has 0 aromatic heterocycles. The van der Waals surface area contributed by atoms with Gasteiger partial charge in [-0.2, -0.15) is 0 Å². The molecule has 138 valence electrons. The van der Waals surface area contributed by atoms with E-state index in [2.05, 4.69) is 10.2 Å². The lowest BCUT2D eigenvalue weighted by atomic mass is 10.1. The highest BCUT2D eigenvalue weighted by atomic mass is 16.5. The molecule has 1 unspecified atom stereocenters. The van der Waals surface area contributed by atoms with Crippen LogP contribution in [0.25, 0.3) is 0 Å². The summed E-state index contributed by atoms with van der Waals surface area (Å²) in [5, 5.41) is 13.2. The highest BCUT2D eigenvalue weighted by Gasteiger charge is 2.14. The molecule has 0 radical (unpaired) electrons. The van der Waals surface area contributed by atoms with Crippen LogP contribution in [-0.2, 0) is 16.0 Å². The van der Waals surface area contributed by atoms with E-state index in [9.17, 15) is 9.90 Å². The summed E-state index contributed by atoms with van der Waals surface area (Å²) >= 11 is 0. The van der Waals surface area contributed by atoms with Crippen molar-refractivity contribution in [3.8, 4) is 0 Å². The number of anilines is 1. The van der Waals surface area contributed by atoms with Crippen LogP contribution in [-0.4, -0.2) is 43.9 Å². The Hall–Kier alpha value is -2.37. The number of aryl methyl sites for hydroxylation is 1. The average molecular weight is 354 g/mol. The van der Waals surface area contributed by atoms with Gasteiger partial charge in [-0.3, -0.25) is 4.79 Å². The molecule has 0 saturated carbocycles. The van der Waals surface area contributed by atoms with Crippen molar-refractivity contribution >= 4 is 11.6 Å². The molecule has 1 aliphatic rings. The number of carbonyl (C=O) groups excluding carboxylic acids is 1. The third-order valence-electron chi connectivity index (χ3n) is 4.76. The molecule has 1 heterocycles. The Labute approximate surface area is 154 Å². The minimum absolute atomic E-state index is 0.0803. The summed E-state index contributed by atoms with van der Waals surface area (Å²) in [6, 6.07) is 15.7. The Morgan fingerprint density at radius 3 is 2.54 bits per heavy atom. The summed E-state index contributed by atoms with van der Waals surface area (Å²) in [7, 11) is 0. The summed E-state index contributed by atoms with van der Waals surface area (Å²) in [6.07, 6.45) is -0.385. The summed E-state index contributed by atoms with van der Waals surface area (Å²) < 4.78 is 5.37. The molecule has 1 aliphatic heterocycles. The number of carbonyl (C=O) groups is 1. The zero-order valence-corrected chi connectivity index (χ0v) is 15.1. The van der Waals surface area contributed by atoms with Crippen molar-refractivity contribution in [2.75, 3.05) is 37.7 Å². The molecule has 2 aromatic carbocycles. The normalized spacial score (nSPS) is 15.5. The van der Waals surface area contributed by atoms with E-state index in [0.29, 0.717) is 6.42 Å². The molecule has 5 heteroatoms. The highest BCUT2D eigenvalue weighted by molar-refractivity contribution is 5.78. The molecule has 1 fully saturated rings. The van der Waals surface area contributed by atoms with E-state index < -0.39 is 6.10 Å². The maximum atomic E-state index is 12.1. The fraction of sp³-hybridized carbons (Fsp3) is 0.381. The first-order valence-electron chi connectivity index (χ1n) is 9.05. The molecule has 1 atom stereocenters. The maximum absolute atomic E-state index is 12.1. The van der Waals surface area contributed by atoms with Crippen LogP contribution in [0.3, 0.4) is 0 Å². The van der Waals surface area contributed by atoms with Crippen LogP contribution in [0.5, 0.6) is 0 Å². The molecule has 0 bridgehead atoms. The van der Waals surface area contributed by atoms with Gasteiger partial charge >= 0.3 is 0 Å². The molecule has 2 aromatic rings. The maximum Gasteiger partial charge on any atom is 0.224 e. The number of aliphatic hydroxyl groups is 1. The van der Waals surface area contributed by atoms with Gasteiger partial charge in [-0.25, -0.2) is 0 Å². The number of ether oxygens (including phenoxy) is 1. The van der Waals surface area contributed by atoms with Crippen molar-refractivity contribution < 1.29 is 14.6 Å². The summed E-state index contributed by atoms with van der Waals surface area (Å²) in [4.78, 5) is 14.4. The smallest absolute Gasteiger partial charge is 0.224 e. The second-order valence-corrected chi connectivity index (χ2v) is 6.61. The zero-order valence-electron chi connectivity index (χ0n) is 15.1. The number of rotatable bonds is 6. The predicted octanol–water partition coefficient (Wildman–Crippen LogP) is 2.22. The minimum atomic E-state index is -0.713. The number of nitrogens with one attached hydrogen (secondary N) is 1. The number of morpholine rings is 1. The summed E-state index contributed by atoms with van der Waals surface area (Å²) in [5.41, 5.74) is 4.04. The van der Waals surface area contributed by atoms with Gasteiger partial charge in [0.15, 0.2) is 0 Å². The third-order valence-corrected chi connectivity index (χ3v) is 4.76. The van der Waals surface area contributed by atoms with Crippen molar-refractivity contribution in [3.05, 3.63) is 65.2 Å². The van der Waals surface area contributed by atoms with E-state index in [-0.39, 0.29) is 12.5 Å². The van der Waals surface area contributed by atoms with E-state index >= 15 is 0 Å². The fourth-order valence-corrected chi connectivity index (χ4v) is 3.10. The topological polar surface area (TPSA) is 61.8 Å². The lowest BCUT2D eigenvalue weighted by Gasteiger charge is -2.29. The Morgan fingerprint density at radius 2 is 1.85 bits per heavy atom. The van der Waals surface area contributed by atoms with E-state index in [1.165, 1.54) is 0 Å². The van der Waals surface area contributed by atoms with Gasteiger partial charge in [-0.05, 0) is 35.7 Å². The van der Waals surface area contributed by atoms with Crippen LogP contribution in [0, 0.1) is 6.92 Å². The Balaban J connectivity index is 1.50. The molecule has 1 amide bonds. The molecule has 0 spiro atoms. The lowest BCUT2D eigenvalue weighted by molar-refractivity contribution is -0.120. The Kier molecular flexibility index (Phi) is 6.26. The predicted molar refractivity (Wildman–Crippen MR) is 102 cm³/mol. The van der Waals surface area contributed by atoms with Crippen molar-refractivity contribution in [2.45, 2.75) is 19.4 Å². The van der Waals surface area contributed by atoms with Crippen molar-refractivity contribution in [2.24, 2.45) is 0 Å². The van der Waals surface area contributed by atoms with Gasteiger partial charge in [-0.1, -0.05) is 36.4 Å². The molecule has 3 rings (SSSR count). The SMILES string of the molecule is Cc1ccccc1CC(=O)NCC(O)c1ccc(N2CCOCC2)cc1. The van der Waals surface area contributed by atoms with E-state index in [1.54, 1.807) is 0 Å². The standard InChI is InChI=1S/C21H26N2O3/c1-16-4-2-3-5-18(16)14-21(25)22-15-20(24)17-6-8-19(9-7-17)23-10-12-26-13-11-23/h2-9,20,24H,10-15H2,1H3,(H,22,25). The van der Waals surface area contributed by atoms with Crippen LogP contribution in [0.1, 0.15) is 22.8 Å². The van der Waals surface area contributed by atoms with Gasteiger partial charge in [-0.15, -0.1) is 0 Å². The van der Waals surface area contributed by atoms with Gasteiger partial charge in [0.2, 0.25) is 5.91 Å². The molecular formula is C21H26N2O3. The Morgan fingerprint density at radius 1 is 1.15 bits per heavy atom. The number of hydrogen-bond acceptors (Lipinski definition) is 4. The molecule has 0 aliphatic carbocycles. The van der Waals surface area contributed by atoms with Crippen LogP contribution in [0.15, 0.2) is 48.5 Å². The van der Waals surface area contributed by atoms with Crippen LogP contribution in [0.2, 0.25) is 0 Å². The number of aliphatic hydroxyl groups excluding tert-OH is 1. The molecule has 2 N–H and O–H groups in total. The van der Waals surface area contributed by atoms with Crippen LogP contribution >= 0.6 is 0 Å². The number of benzene rings is 2. The number of amides is 1. The van der Waals surface area contributed by atoms with Crippen molar-refractivity contribution in [3.63, 3.8) is 0 Å². The van der Waals surface area contributed by atoms with Crippen LogP contribution < -0.4 is 10.2 Å². The van der Waals surface area contributed by atoms with Gasteiger partial charge in [0.05, 0.1) is 25.7 Å². The first-order chi connectivity index (χ1) is 12.6. The quantitative estimate of drug-likeness (QED) is 0.835. The number of nitrogens with zero attached hydrogens (tertiary/aromatic N) is 1. The monoisotopic (exact) mass is 354 g/mol. The molecular weight excluding hydrogens is 328 g/mol. The van der Waals surface area contributed by atoms with E-state index in [4.69, 9.17) is 4.74 Å². The lowest BCUT2D eigenvalue weighted by Crippen LogP contribution is -2.36. The second kappa shape index (κ2) is 8.83. The highest BCUT2D eigenvalue weighted by Crippen LogP contribution is 2.20. The largest absolute Gasteiger partial charge is 0.387 e.